The number of para-hydroxylation sites is 1. The Morgan fingerprint density at radius 2 is 1.39 bits per heavy atom. The third kappa shape index (κ3) is 21.2. The van der Waals surface area contributed by atoms with E-state index < -0.39 is 127 Å². The topological polar surface area (TPSA) is 440 Å². The van der Waals surface area contributed by atoms with Gasteiger partial charge in [-0.3, -0.25) is 57.9 Å². The Morgan fingerprint density at radius 1 is 0.727 bits per heavy atom. The van der Waals surface area contributed by atoms with Crippen molar-refractivity contribution in [3.63, 3.8) is 0 Å². The fraction of sp³-hybridized carbons (Fsp3) is 0.490. The van der Waals surface area contributed by atoms with Gasteiger partial charge in [0.25, 0.3) is 0 Å². The Bertz CT molecular complexity index is 2650. The molecule has 418 valence electrons. The molecule has 1 fully saturated rings. The number of H-pyrrole nitrogens is 1. The molecule has 8 amide bonds. The van der Waals surface area contributed by atoms with Crippen LogP contribution in [0.25, 0.3) is 10.9 Å². The highest BCUT2D eigenvalue weighted by Gasteiger charge is 2.35. The highest BCUT2D eigenvalue weighted by Crippen LogP contribution is 2.27. The fourth-order valence-electron chi connectivity index (χ4n) is 8.80. The number of hydrogen-bond acceptors (Lipinski definition) is 12. The molecule has 1 aliphatic heterocycles. The van der Waals surface area contributed by atoms with Crippen LogP contribution in [0.5, 0.6) is 0 Å². The van der Waals surface area contributed by atoms with Crippen molar-refractivity contribution >= 4 is 93.2 Å². The second-order valence-corrected chi connectivity index (χ2v) is 19.3. The summed E-state index contributed by atoms with van der Waals surface area (Å²) in [6, 6.07) is 6.85. The molecule has 1 aliphatic rings. The first kappa shape index (κ1) is 61.5. The summed E-state index contributed by atoms with van der Waals surface area (Å²) in [6.45, 7) is 1.33. The predicted molar refractivity (Wildman–Crippen MR) is 288 cm³/mol. The lowest BCUT2D eigenvalue weighted by Gasteiger charge is -2.27. The minimum atomic E-state index is -1.59. The molecule has 2 aromatic carbocycles. The molecule has 19 N–H and O–H groups in total. The minimum Gasteiger partial charge on any atom is -0.370 e. The van der Waals surface area contributed by atoms with Gasteiger partial charge in [0.15, 0.2) is 17.7 Å². The van der Waals surface area contributed by atoms with Gasteiger partial charge >= 0.3 is 0 Å². The summed E-state index contributed by atoms with van der Waals surface area (Å²) in [5.41, 5.74) is 35.2. The van der Waals surface area contributed by atoms with Crippen LogP contribution in [0.3, 0.4) is 0 Å². The number of nitrogens with two attached hydrogens (primary N) is 6. The quantitative estimate of drug-likeness (QED) is 0.0379. The molecule has 7 atom stereocenters. The summed E-state index contributed by atoms with van der Waals surface area (Å²) >= 11 is 6.59. The SMILES string of the molecule is CC(=O)N[C@@H](CCCN=C(N)N)C(=O)N[C@H]1CCC(=O)NCCC[C@@H](C(N)=O)NC(=O)[C@H](Cc2c[nH]c3ccccc23)CC(=O)[C@H](CCCN=C(N)N)CC(=O)[C@@H](Cc2ccccc2Cl)NC(=O)[C@H](CCC(N)=O)NC1=O. The van der Waals surface area contributed by atoms with Gasteiger partial charge in [-0.25, -0.2) is 0 Å². The average molecular weight is 1090 g/mol. The number of carbonyl (C=O) groups is 10. The van der Waals surface area contributed by atoms with Crippen molar-refractivity contribution in [2.75, 3.05) is 19.6 Å². The van der Waals surface area contributed by atoms with Gasteiger partial charge in [-0.15, -0.1) is 0 Å². The Labute approximate surface area is 450 Å². The molecule has 25 nitrogen and oxygen atoms in total. The van der Waals surface area contributed by atoms with Crippen LogP contribution in [0.15, 0.2) is 64.7 Å². The summed E-state index contributed by atoms with van der Waals surface area (Å²) in [4.78, 5) is 148. The number of ketones is 2. The molecule has 1 saturated heterocycles. The molecule has 4 rings (SSSR count). The van der Waals surface area contributed by atoms with Gasteiger partial charge in [0.2, 0.25) is 47.3 Å². The lowest BCUT2D eigenvalue weighted by Crippen LogP contribution is -2.58. The molecule has 77 heavy (non-hydrogen) atoms. The Morgan fingerprint density at radius 3 is 2.06 bits per heavy atom. The predicted octanol–water partition coefficient (Wildman–Crippen LogP) is -1.25. The zero-order valence-electron chi connectivity index (χ0n) is 43.1. The summed E-state index contributed by atoms with van der Waals surface area (Å²) in [5, 5.41) is 16.8. The van der Waals surface area contributed by atoms with E-state index in [2.05, 4.69) is 46.9 Å². The van der Waals surface area contributed by atoms with Crippen molar-refractivity contribution in [1.82, 2.24) is 36.9 Å². The first-order chi connectivity index (χ1) is 36.6. The smallest absolute Gasteiger partial charge is 0.243 e. The van der Waals surface area contributed by atoms with Gasteiger partial charge in [0.05, 0.1) is 6.04 Å². The summed E-state index contributed by atoms with van der Waals surface area (Å²) in [5.74, 6) is -10.1. The number of nitrogens with one attached hydrogen (secondary N) is 7. The number of hydrogen-bond donors (Lipinski definition) is 13. The second kappa shape index (κ2) is 31.1. The largest absolute Gasteiger partial charge is 0.370 e. The highest BCUT2D eigenvalue weighted by molar-refractivity contribution is 6.31. The molecular weight excluding hydrogens is 1020 g/mol. The number of primary amides is 2. The number of benzene rings is 2. The van der Waals surface area contributed by atoms with Crippen LogP contribution in [-0.4, -0.2) is 126 Å². The van der Waals surface area contributed by atoms with Crippen LogP contribution in [0, 0.1) is 11.8 Å². The maximum Gasteiger partial charge on any atom is 0.243 e. The highest BCUT2D eigenvalue weighted by atomic mass is 35.5. The van der Waals surface area contributed by atoms with E-state index >= 15 is 0 Å². The van der Waals surface area contributed by atoms with Crippen LogP contribution >= 0.6 is 11.6 Å². The molecule has 0 unspecified atom stereocenters. The first-order valence-electron chi connectivity index (χ1n) is 25.4. The normalized spacial score (nSPS) is 21.0. The number of Topliss-reactive ketones (excluding diaryl/α,β-unsaturated/α-hetero) is 2. The Hall–Kier alpha value is -8.09. The molecule has 0 radical (unpaired) electrons. The van der Waals surface area contributed by atoms with Crippen LogP contribution in [0.2, 0.25) is 5.02 Å². The standard InChI is InChI=1S/C51H72ClN15O10/c1-28(68)63-37(15-8-22-61-51(57)58)47(75)66-39-17-19-44(72)59-20-7-14-36(45(54)73)64-46(74)31(23-32-27-62-35-13-5-3-11-33(32)35)26-41(69)30(10-6-21-60-50(55)56)25-42(70)40(24-29-9-2-4-12-34(29)52)67-49(77)38(65-48(39)76)16-18-43(53)71/h2-5,9,11-13,27,30-31,36-40,62H,6-8,10,14-26H2,1H3,(H2,53,71)(H2,54,73)(H,59,72)(H,63,68)(H,64,74)(H,65,76)(H,66,75)(H,67,77)(H4,55,56,60)(H4,57,58,61)/t30-,31-,36+,37+,38+,39+,40-/m1/s1. The van der Waals surface area contributed by atoms with Gasteiger partial charge in [-0.05, 0) is 81.0 Å². The molecular formula is C51H72ClN15O10. The van der Waals surface area contributed by atoms with Crippen molar-refractivity contribution in [3.8, 4) is 0 Å². The van der Waals surface area contributed by atoms with E-state index in [4.69, 9.17) is 46.0 Å². The van der Waals surface area contributed by atoms with E-state index in [0.717, 1.165) is 10.9 Å². The van der Waals surface area contributed by atoms with E-state index in [9.17, 15) is 47.9 Å². The number of nitrogens with zero attached hydrogens (tertiary/aromatic N) is 2. The number of fused-ring (bicyclic) bond motifs is 1. The van der Waals surface area contributed by atoms with Crippen LogP contribution < -0.4 is 66.3 Å². The number of carbonyl (C=O) groups excluding carboxylic acids is 10. The molecule has 26 heteroatoms. The summed E-state index contributed by atoms with van der Waals surface area (Å²) in [7, 11) is 0. The molecule has 3 aromatic rings. The minimum absolute atomic E-state index is 0.0156. The third-order valence-electron chi connectivity index (χ3n) is 12.9. The van der Waals surface area contributed by atoms with E-state index in [-0.39, 0.29) is 101 Å². The van der Waals surface area contributed by atoms with Gasteiger partial charge in [-0.1, -0.05) is 48.0 Å². The van der Waals surface area contributed by atoms with E-state index in [1.165, 1.54) is 6.92 Å². The van der Waals surface area contributed by atoms with Crippen molar-refractivity contribution in [2.24, 2.45) is 56.2 Å². The summed E-state index contributed by atoms with van der Waals surface area (Å²) in [6.07, 6.45) is -0.333. The van der Waals surface area contributed by atoms with E-state index in [0.29, 0.717) is 11.1 Å². The maximum atomic E-state index is 14.8. The monoisotopic (exact) mass is 1090 g/mol. The van der Waals surface area contributed by atoms with E-state index in [1.54, 1.807) is 30.5 Å². The van der Waals surface area contributed by atoms with Crippen molar-refractivity contribution in [2.45, 2.75) is 127 Å². The Balaban J connectivity index is 1.80. The molecule has 0 bridgehead atoms. The number of guanidine groups is 2. The van der Waals surface area contributed by atoms with Crippen molar-refractivity contribution in [3.05, 3.63) is 70.9 Å². The average Bonchev–Trinajstić information content (AvgIpc) is 3.79. The van der Waals surface area contributed by atoms with Crippen LogP contribution in [-0.2, 0) is 60.8 Å². The number of aromatic nitrogens is 1. The van der Waals surface area contributed by atoms with Gasteiger partial charge in [0, 0.05) is 92.6 Å². The molecule has 0 aliphatic carbocycles. The lowest BCUT2D eigenvalue weighted by atomic mass is 9.83. The zero-order chi connectivity index (χ0) is 56.6. The number of halogens is 1. The Kier molecular flexibility index (Phi) is 24.8. The van der Waals surface area contributed by atoms with Gasteiger partial charge < -0.3 is 71.3 Å². The van der Waals surface area contributed by atoms with Gasteiger partial charge in [-0.2, -0.15) is 0 Å². The lowest BCUT2D eigenvalue weighted by molar-refractivity contribution is -0.136. The van der Waals surface area contributed by atoms with E-state index in [1.807, 2.05) is 24.3 Å². The number of aromatic amines is 1. The number of amides is 8. The van der Waals surface area contributed by atoms with Crippen LogP contribution in [0.1, 0.15) is 95.1 Å². The molecule has 0 saturated carbocycles. The first-order valence-corrected chi connectivity index (χ1v) is 25.8. The fourth-order valence-corrected chi connectivity index (χ4v) is 9.01. The van der Waals surface area contributed by atoms with Crippen molar-refractivity contribution < 1.29 is 47.9 Å². The molecule has 1 aromatic heterocycles. The summed E-state index contributed by atoms with van der Waals surface area (Å²) < 4.78 is 0. The van der Waals surface area contributed by atoms with Crippen LogP contribution in [0.4, 0.5) is 0 Å². The number of rotatable bonds is 19. The van der Waals surface area contributed by atoms with Gasteiger partial charge in [0.1, 0.15) is 30.0 Å². The second-order valence-electron chi connectivity index (χ2n) is 18.9. The third-order valence-corrected chi connectivity index (χ3v) is 13.2. The zero-order valence-corrected chi connectivity index (χ0v) is 43.8. The molecule has 0 spiro atoms. The van der Waals surface area contributed by atoms with Crippen molar-refractivity contribution in [1.29, 1.82) is 0 Å². The maximum absolute atomic E-state index is 14.8. The number of aliphatic imine (C=N–C) groups is 2. The molecule has 2 heterocycles.